The predicted octanol–water partition coefficient (Wildman–Crippen LogP) is 4.96. The van der Waals surface area contributed by atoms with Crippen LogP contribution in [0.3, 0.4) is 0 Å². The monoisotopic (exact) mass is 433 g/mol. The molecule has 1 aliphatic heterocycles. The SMILES string of the molecule is CCCN1C(CC(C)C)=NS(=O)(=O)c2cc(NC(=O)c3ccccc3Cl)ccc21. The number of hydrogen-bond donors (Lipinski definition) is 1. The Labute approximate surface area is 176 Å². The Kier molecular flexibility index (Phi) is 6.29. The molecular formula is C21H24ClN3O3S. The molecule has 1 amide bonds. The lowest BCUT2D eigenvalue weighted by atomic mass is 10.1. The number of nitrogens with one attached hydrogen (secondary N) is 1. The highest BCUT2D eigenvalue weighted by molar-refractivity contribution is 7.90. The molecule has 0 fully saturated rings. The van der Waals surface area contributed by atoms with Gasteiger partial charge in [0.15, 0.2) is 0 Å². The van der Waals surface area contributed by atoms with E-state index in [0.29, 0.717) is 40.8 Å². The third-order valence-electron chi connectivity index (χ3n) is 4.48. The van der Waals surface area contributed by atoms with Crippen molar-refractivity contribution in [3.63, 3.8) is 0 Å². The highest BCUT2D eigenvalue weighted by Crippen LogP contribution is 2.35. The number of amidine groups is 1. The van der Waals surface area contributed by atoms with Gasteiger partial charge in [-0.05, 0) is 42.7 Å². The standard InChI is InChI=1S/C21H24ClN3O3S/c1-4-11-25-18-10-9-15(23-21(26)16-7-5-6-8-17(16)22)13-19(18)29(27,28)24-20(25)12-14(2)3/h5-10,13-14H,4,11-12H2,1-3H3,(H,23,26). The van der Waals surface area contributed by atoms with Gasteiger partial charge in [-0.25, -0.2) is 0 Å². The summed E-state index contributed by atoms with van der Waals surface area (Å²) in [5, 5.41) is 3.05. The minimum Gasteiger partial charge on any atom is -0.328 e. The third kappa shape index (κ3) is 4.62. The van der Waals surface area contributed by atoms with E-state index in [1.54, 1.807) is 36.4 Å². The van der Waals surface area contributed by atoms with Crippen LogP contribution in [0.5, 0.6) is 0 Å². The van der Waals surface area contributed by atoms with Crippen molar-refractivity contribution in [2.24, 2.45) is 10.3 Å². The van der Waals surface area contributed by atoms with Gasteiger partial charge in [0.1, 0.15) is 10.7 Å². The zero-order chi connectivity index (χ0) is 21.2. The van der Waals surface area contributed by atoms with E-state index in [4.69, 9.17) is 11.6 Å². The fourth-order valence-corrected chi connectivity index (χ4v) is 4.72. The Balaban J connectivity index is 1.97. The normalized spacial score (nSPS) is 15.1. The van der Waals surface area contributed by atoms with E-state index in [9.17, 15) is 13.2 Å². The average molecular weight is 434 g/mol. The van der Waals surface area contributed by atoms with Crippen LogP contribution in [0.2, 0.25) is 5.02 Å². The molecule has 0 aliphatic carbocycles. The molecule has 1 heterocycles. The molecular weight excluding hydrogens is 410 g/mol. The largest absolute Gasteiger partial charge is 0.328 e. The number of anilines is 2. The molecule has 1 N–H and O–H groups in total. The first-order chi connectivity index (χ1) is 13.7. The van der Waals surface area contributed by atoms with E-state index in [0.717, 1.165) is 6.42 Å². The molecule has 0 radical (unpaired) electrons. The van der Waals surface area contributed by atoms with E-state index < -0.39 is 15.9 Å². The molecule has 3 rings (SSSR count). The van der Waals surface area contributed by atoms with Gasteiger partial charge in [-0.2, -0.15) is 8.42 Å². The van der Waals surface area contributed by atoms with Crippen LogP contribution < -0.4 is 10.2 Å². The maximum absolute atomic E-state index is 12.8. The van der Waals surface area contributed by atoms with Crippen molar-refractivity contribution in [1.82, 2.24) is 0 Å². The van der Waals surface area contributed by atoms with E-state index in [1.165, 1.54) is 6.07 Å². The second kappa shape index (κ2) is 8.55. The van der Waals surface area contributed by atoms with Gasteiger partial charge in [0.2, 0.25) is 0 Å². The molecule has 0 saturated carbocycles. The minimum absolute atomic E-state index is 0.0930. The summed E-state index contributed by atoms with van der Waals surface area (Å²) in [5.74, 6) is 0.430. The Hall–Kier alpha value is -2.38. The molecule has 0 spiro atoms. The summed E-state index contributed by atoms with van der Waals surface area (Å²) in [6, 6.07) is 11.6. The number of fused-ring (bicyclic) bond motifs is 1. The lowest BCUT2D eigenvalue weighted by Crippen LogP contribution is -2.37. The van der Waals surface area contributed by atoms with Crippen LogP contribution in [-0.2, 0) is 10.0 Å². The number of sulfonamides is 1. The first-order valence-electron chi connectivity index (χ1n) is 9.54. The van der Waals surface area contributed by atoms with E-state index >= 15 is 0 Å². The zero-order valence-corrected chi connectivity index (χ0v) is 18.2. The van der Waals surface area contributed by atoms with Crippen molar-refractivity contribution in [2.75, 3.05) is 16.8 Å². The van der Waals surface area contributed by atoms with Crippen LogP contribution in [0.15, 0.2) is 51.8 Å². The maximum atomic E-state index is 12.8. The highest BCUT2D eigenvalue weighted by atomic mass is 35.5. The van der Waals surface area contributed by atoms with Gasteiger partial charge in [-0.3, -0.25) is 4.79 Å². The van der Waals surface area contributed by atoms with Gasteiger partial charge in [-0.15, -0.1) is 4.40 Å². The van der Waals surface area contributed by atoms with Crippen LogP contribution in [0.1, 0.15) is 44.0 Å². The minimum atomic E-state index is -3.85. The van der Waals surface area contributed by atoms with Gasteiger partial charge in [0.05, 0.1) is 16.3 Å². The first kappa shape index (κ1) is 21.3. The van der Waals surface area contributed by atoms with Crippen molar-refractivity contribution in [3.05, 3.63) is 53.1 Å². The van der Waals surface area contributed by atoms with Crippen LogP contribution in [0.25, 0.3) is 0 Å². The molecule has 0 unspecified atom stereocenters. The number of carbonyl (C=O) groups is 1. The van der Waals surface area contributed by atoms with Gasteiger partial charge in [0, 0.05) is 18.7 Å². The van der Waals surface area contributed by atoms with E-state index in [1.807, 2.05) is 25.7 Å². The Morgan fingerprint density at radius 3 is 2.59 bits per heavy atom. The number of rotatable bonds is 6. The summed E-state index contributed by atoms with van der Waals surface area (Å²) < 4.78 is 29.7. The van der Waals surface area contributed by atoms with Gasteiger partial charge in [0.25, 0.3) is 15.9 Å². The third-order valence-corrected chi connectivity index (χ3v) is 6.14. The van der Waals surface area contributed by atoms with E-state index in [2.05, 4.69) is 9.71 Å². The second-order valence-electron chi connectivity index (χ2n) is 7.35. The van der Waals surface area contributed by atoms with Crippen LogP contribution in [0.4, 0.5) is 11.4 Å². The molecule has 0 bridgehead atoms. The number of amides is 1. The molecule has 0 aromatic heterocycles. The highest BCUT2D eigenvalue weighted by Gasteiger charge is 2.31. The van der Waals surface area contributed by atoms with Gasteiger partial charge in [-0.1, -0.05) is 44.5 Å². The Morgan fingerprint density at radius 2 is 1.93 bits per heavy atom. The average Bonchev–Trinajstić information content (AvgIpc) is 2.64. The summed E-state index contributed by atoms with van der Waals surface area (Å²) in [6.07, 6.45) is 1.42. The summed E-state index contributed by atoms with van der Waals surface area (Å²) >= 11 is 6.08. The molecule has 8 heteroatoms. The van der Waals surface area contributed by atoms with Crippen molar-refractivity contribution >= 4 is 44.7 Å². The fraction of sp³-hybridized carbons (Fsp3) is 0.333. The number of benzene rings is 2. The molecule has 0 atom stereocenters. The fourth-order valence-electron chi connectivity index (χ4n) is 3.23. The molecule has 6 nitrogen and oxygen atoms in total. The number of halogens is 1. The van der Waals surface area contributed by atoms with Crippen LogP contribution in [0, 0.1) is 5.92 Å². The number of hydrogen-bond acceptors (Lipinski definition) is 4. The lowest BCUT2D eigenvalue weighted by molar-refractivity contribution is 0.102. The quantitative estimate of drug-likeness (QED) is 0.698. The van der Waals surface area contributed by atoms with Gasteiger partial charge >= 0.3 is 0 Å². The Morgan fingerprint density at radius 1 is 1.21 bits per heavy atom. The van der Waals surface area contributed by atoms with Crippen LogP contribution in [-0.4, -0.2) is 26.7 Å². The van der Waals surface area contributed by atoms with E-state index in [-0.39, 0.29) is 10.8 Å². The molecule has 154 valence electrons. The summed E-state index contributed by atoms with van der Waals surface area (Å²) in [5.41, 5.74) is 1.28. The van der Waals surface area contributed by atoms with Crippen molar-refractivity contribution < 1.29 is 13.2 Å². The molecule has 0 saturated heterocycles. The van der Waals surface area contributed by atoms with Crippen molar-refractivity contribution in [3.8, 4) is 0 Å². The summed E-state index contributed by atoms with van der Waals surface area (Å²) in [6.45, 7) is 6.76. The predicted molar refractivity (Wildman–Crippen MR) is 118 cm³/mol. The molecule has 2 aromatic rings. The second-order valence-corrected chi connectivity index (χ2v) is 9.33. The van der Waals surface area contributed by atoms with Gasteiger partial charge < -0.3 is 10.2 Å². The van der Waals surface area contributed by atoms with Crippen LogP contribution >= 0.6 is 11.6 Å². The first-order valence-corrected chi connectivity index (χ1v) is 11.4. The lowest BCUT2D eigenvalue weighted by Gasteiger charge is -2.31. The Bertz CT molecular complexity index is 1060. The molecule has 1 aliphatic rings. The zero-order valence-electron chi connectivity index (χ0n) is 16.6. The van der Waals surface area contributed by atoms with Crippen molar-refractivity contribution in [1.29, 1.82) is 0 Å². The van der Waals surface area contributed by atoms with Crippen molar-refractivity contribution in [2.45, 2.75) is 38.5 Å². The maximum Gasteiger partial charge on any atom is 0.286 e. The summed E-state index contributed by atoms with van der Waals surface area (Å²) in [4.78, 5) is 14.6. The number of nitrogens with zero attached hydrogens (tertiary/aromatic N) is 2. The smallest absolute Gasteiger partial charge is 0.286 e. The summed E-state index contributed by atoms with van der Waals surface area (Å²) in [7, 11) is -3.85. The molecule has 2 aromatic carbocycles. The topological polar surface area (TPSA) is 78.8 Å². The number of carbonyl (C=O) groups excluding carboxylic acids is 1. The molecule has 29 heavy (non-hydrogen) atoms.